The number of anilines is 2. The molecule has 5 aromatic carbocycles. The number of rotatable bonds is 0. The molecule has 1 aliphatic heterocycles. The lowest BCUT2D eigenvalue weighted by molar-refractivity contribution is 0.660. The van der Waals surface area contributed by atoms with Crippen molar-refractivity contribution in [3.05, 3.63) is 119 Å². The molecule has 1 heteroatoms. The molecule has 0 spiro atoms. The molecule has 5 aromatic rings. The van der Waals surface area contributed by atoms with E-state index in [-0.39, 0.29) is 10.8 Å². The minimum atomic E-state index is -0.0304. The zero-order valence-corrected chi connectivity index (χ0v) is 22.7. The fourth-order valence-electron chi connectivity index (χ4n) is 7.73. The molecule has 8 rings (SSSR count). The van der Waals surface area contributed by atoms with E-state index in [1.807, 2.05) is 0 Å². The smallest absolute Gasteiger partial charge is 0.0571 e. The summed E-state index contributed by atoms with van der Waals surface area (Å²) < 4.78 is 0. The third-order valence-corrected chi connectivity index (χ3v) is 9.63. The maximum atomic E-state index is 2.48. The molecule has 0 fully saturated rings. The number of nitrogens with zero attached hydrogens (tertiary/aromatic N) is 1. The number of fused-ring (bicyclic) bond motifs is 13. The molecule has 184 valence electrons. The van der Waals surface area contributed by atoms with Crippen molar-refractivity contribution < 1.29 is 0 Å². The van der Waals surface area contributed by atoms with Gasteiger partial charge in [0.1, 0.15) is 0 Å². The van der Waals surface area contributed by atoms with Crippen molar-refractivity contribution in [3.8, 4) is 44.5 Å². The highest BCUT2D eigenvalue weighted by Crippen LogP contribution is 2.61. The molecule has 1 nitrogen and oxygen atoms in total. The first-order chi connectivity index (χ1) is 18.3. The van der Waals surface area contributed by atoms with E-state index in [9.17, 15) is 0 Å². The normalized spacial score (nSPS) is 16.4. The highest BCUT2D eigenvalue weighted by molar-refractivity contribution is 6.10. The van der Waals surface area contributed by atoms with Gasteiger partial charge in [0.05, 0.1) is 5.69 Å². The minimum absolute atomic E-state index is 0.0299. The summed E-state index contributed by atoms with van der Waals surface area (Å²) in [6.45, 7) is 9.48. The highest BCUT2D eigenvalue weighted by Gasteiger charge is 2.42. The van der Waals surface area contributed by atoms with Crippen LogP contribution < -0.4 is 4.90 Å². The lowest BCUT2D eigenvalue weighted by Crippen LogP contribution is -2.17. The molecule has 0 unspecified atom stereocenters. The molecule has 2 aliphatic carbocycles. The lowest BCUT2D eigenvalue weighted by Gasteiger charge is -2.28. The van der Waals surface area contributed by atoms with E-state index in [1.54, 1.807) is 0 Å². The topological polar surface area (TPSA) is 3.24 Å². The molecular weight excluding hydrogens is 458 g/mol. The van der Waals surface area contributed by atoms with Crippen LogP contribution >= 0.6 is 0 Å². The molecule has 3 aliphatic rings. The Morgan fingerprint density at radius 1 is 0.421 bits per heavy atom. The van der Waals surface area contributed by atoms with Crippen molar-refractivity contribution >= 4 is 11.4 Å². The summed E-state index contributed by atoms with van der Waals surface area (Å²) in [5.74, 6) is 0. The van der Waals surface area contributed by atoms with Crippen molar-refractivity contribution in [2.45, 2.75) is 38.5 Å². The molecular formula is C37H31N. The Kier molecular flexibility index (Phi) is 4.07. The second-order valence-electron chi connectivity index (χ2n) is 12.2. The van der Waals surface area contributed by atoms with Crippen molar-refractivity contribution in [2.75, 3.05) is 11.9 Å². The molecule has 0 amide bonds. The van der Waals surface area contributed by atoms with Crippen LogP contribution in [0, 0.1) is 0 Å². The average Bonchev–Trinajstić information content (AvgIpc) is 3.27. The Morgan fingerprint density at radius 2 is 0.921 bits per heavy atom. The molecule has 0 N–H and O–H groups in total. The second-order valence-corrected chi connectivity index (χ2v) is 12.2. The van der Waals surface area contributed by atoms with E-state index >= 15 is 0 Å². The van der Waals surface area contributed by atoms with Crippen molar-refractivity contribution in [3.63, 3.8) is 0 Å². The van der Waals surface area contributed by atoms with Gasteiger partial charge in [-0.2, -0.15) is 0 Å². The molecule has 0 radical (unpaired) electrons. The zero-order valence-electron chi connectivity index (χ0n) is 22.7. The van der Waals surface area contributed by atoms with Crippen LogP contribution in [0.4, 0.5) is 11.4 Å². The van der Waals surface area contributed by atoms with Crippen molar-refractivity contribution in [1.29, 1.82) is 0 Å². The van der Waals surface area contributed by atoms with E-state index < -0.39 is 0 Å². The first-order valence-corrected chi connectivity index (χ1v) is 13.7. The van der Waals surface area contributed by atoms with E-state index in [0.29, 0.717) is 0 Å². The van der Waals surface area contributed by atoms with Gasteiger partial charge in [-0.1, -0.05) is 119 Å². The minimum Gasteiger partial charge on any atom is -0.343 e. The molecule has 0 atom stereocenters. The Balaban J connectivity index is 1.53. The van der Waals surface area contributed by atoms with E-state index in [0.717, 1.165) is 0 Å². The Labute approximate surface area is 225 Å². The van der Waals surface area contributed by atoms with Crippen LogP contribution in [0.15, 0.2) is 97.1 Å². The fraction of sp³-hybridized carbons (Fsp3) is 0.189. The van der Waals surface area contributed by atoms with Crippen LogP contribution in [0.5, 0.6) is 0 Å². The molecule has 0 aromatic heterocycles. The standard InChI is InChI=1S/C37H31N/c1-36(2)27-16-10-8-14-25(27)32-29(36)20-21-31-34(32)23-13-7-6-12-22(23)24-18-19-30-33(35(24)38(31)5)26-15-9-11-17-28(26)37(30,3)4/h6-21H,1-5H3. The molecule has 0 saturated heterocycles. The van der Waals surface area contributed by atoms with Gasteiger partial charge in [0, 0.05) is 40.3 Å². The largest absolute Gasteiger partial charge is 0.343 e. The van der Waals surface area contributed by atoms with Gasteiger partial charge in [0.25, 0.3) is 0 Å². The summed E-state index contributed by atoms with van der Waals surface area (Å²) in [5, 5.41) is 0. The third kappa shape index (κ3) is 2.48. The van der Waals surface area contributed by atoms with Gasteiger partial charge in [-0.05, 0) is 56.1 Å². The van der Waals surface area contributed by atoms with Gasteiger partial charge in [-0.3, -0.25) is 0 Å². The third-order valence-electron chi connectivity index (χ3n) is 9.63. The van der Waals surface area contributed by atoms with Gasteiger partial charge in [0.15, 0.2) is 0 Å². The van der Waals surface area contributed by atoms with E-state index in [1.165, 1.54) is 78.1 Å². The van der Waals surface area contributed by atoms with E-state index in [2.05, 4.69) is 137 Å². The summed E-state index contributed by atoms with van der Waals surface area (Å²) >= 11 is 0. The van der Waals surface area contributed by atoms with Gasteiger partial charge < -0.3 is 4.90 Å². The first kappa shape index (κ1) is 21.9. The number of benzene rings is 5. The van der Waals surface area contributed by atoms with Gasteiger partial charge in [0.2, 0.25) is 0 Å². The van der Waals surface area contributed by atoms with Gasteiger partial charge in [-0.15, -0.1) is 0 Å². The number of hydrogen-bond donors (Lipinski definition) is 0. The average molecular weight is 490 g/mol. The zero-order chi connectivity index (χ0) is 26.0. The van der Waals surface area contributed by atoms with E-state index in [4.69, 9.17) is 0 Å². The molecule has 0 bridgehead atoms. The lowest BCUT2D eigenvalue weighted by atomic mass is 9.81. The first-order valence-electron chi connectivity index (χ1n) is 13.7. The highest BCUT2D eigenvalue weighted by atomic mass is 15.1. The Hall–Kier alpha value is -4.10. The summed E-state index contributed by atoms with van der Waals surface area (Å²) in [6.07, 6.45) is 0. The van der Waals surface area contributed by atoms with Crippen molar-refractivity contribution in [1.82, 2.24) is 0 Å². The maximum absolute atomic E-state index is 2.48. The summed E-state index contributed by atoms with van der Waals surface area (Å²) in [4.78, 5) is 2.48. The monoisotopic (exact) mass is 489 g/mol. The second kappa shape index (κ2) is 7.05. The molecule has 1 heterocycles. The van der Waals surface area contributed by atoms with Crippen LogP contribution in [0.2, 0.25) is 0 Å². The fourth-order valence-corrected chi connectivity index (χ4v) is 7.73. The van der Waals surface area contributed by atoms with Crippen LogP contribution in [-0.4, -0.2) is 7.05 Å². The van der Waals surface area contributed by atoms with Crippen LogP contribution in [0.25, 0.3) is 44.5 Å². The Bertz CT molecular complexity index is 1830. The van der Waals surface area contributed by atoms with Crippen LogP contribution in [0.3, 0.4) is 0 Å². The SMILES string of the molecule is CN1c2ccc3c(c2-c2ccccc2-c2ccc4c(c21)-c1ccccc1C4(C)C)-c1ccccc1C3(C)C. The Morgan fingerprint density at radius 3 is 1.58 bits per heavy atom. The van der Waals surface area contributed by atoms with Crippen molar-refractivity contribution in [2.24, 2.45) is 0 Å². The van der Waals surface area contributed by atoms with Gasteiger partial charge in [-0.25, -0.2) is 0 Å². The molecule has 38 heavy (non-hydrogen) atoms. The maximum Gasteiger partial charge on any atom is 0.0571 e. The molecule has 0 saturated carbocycles. The van der Waals surface area contributed by atoms with Crippen LogP contribution in [-0.2, 0) is 10.8 Å². The summed E-state index contributed by atoms with van der Waals surface area (Å²) in [7, 11) is 2.27. The predicted molar refractivity (Wildman–Crippen MR) is 161 cm³/mol. The van der Waals surface area contributed by atoms with Gasteiger partial charge >= 0.3 is 0 Å². The number of hydrogen-bond acceptors (Lipinski definition) is 1. The summed E-state index contributed by atoms with van der Waals surface area (Å²) in [5.41, 5.74) is 19.0. The predicted octanol–water partition coefficient (Wildman–Crippen LogP) is 9.71. The van der Waals surface area contributed by atoms with Crippen LogP contribution in [0.1, 0.15) is 49.9 Å². The summed E-state index contributed by atoms with van der Waals surface area (Å²) in [6, 6.07) is 36.6. The quantitative estimate of drug-likeness (QED) is 0.209.